The molecule has 2 aromatic rings. The quantitative estimate of drug-likeness (QED) is 0.301. The van der Waals surface area contributed by atoms with Gasteiger partial charge in [0.1, 0.15) is 5.80 Å². The lowest BCUT2D eigenvalue weighted by atomic mass is 9.71. The molecule has 0 amide bonds. The molecule has 5 rings (SSSR count). The number of carbonyl (C=O) groups excluding carboxylic acids is 2. The number of ether oxygens (including phenoxy) is 1. The van der Waals surface area contributed by atoms with Gasteiger partial charge in [-0.3, -0.25) is 9.59 Å². The third-order valence-corrected chi connectivity index (χ3v) is 7.74. The molecule has 6 heteroatoms. The van der Waals surface area contributed by atoms with Gasteiger partial charge in [0, 0.05) is 35.0 Å². The lowest BCUT2D eigenvalue weighted by Gasteiger charge is -2.27. The smallest absolute Gasteiger partial charge is 0.294 e. The molecule has 31 heavy (non-hydrogen) atoms. The summed E-state index contributed by atoms with van der Waals surface area (Å²) in [6.07, 6.45) is 5.61. The lowest BCUT2D eigenvalue weighted by Crippen LogP contribution is -2.20. The molecule has 0 spiro atoms. The van der Waals surface area contributed by atoms with E-state index in [-0.39, 0.29) is 25.7 Å². The highest BCUT2D eigenvalue weighted by atomic mass is 31.1. The SMILES string of the molecule is [B]C1CCc2cc3c(cc2C1=O)NCc1cc(C(=O)CO/C(=C/CC)[P+]2=CC2)ccc1-3. The molecule has 2 heterocycles. The first-order valence-electron chi connectivity index (χ1n) is 10.8. The number of hydrogen-bond donors (Lipinski definition) is 1. The fraction of sp³-hybridized carbons (Fsp3) is 0.320. The number of rotatable bonds is 6. The number of hydrogen-bond acceptors (Lipinski definition) is 4. The van der Waals surface area contributed by atoms with E-state index in [0.717, 1.165) is 58.0 Å². The first kappa shape index (κ1) is 20.3. The summed E-state index contributed by atoms with van der Waals surface area (Å²) in [5.74, 6) is 1.88. The Balaban J connectivity index is 1.39. The maximum Gasteiger partial charge on any atom is 0.294 e. The van der Waals surface area contributed by atoms with Crippen LogP contribution in [-0.2, 0) is 17.7 Å². The van der Waals surface area contributed by atoms with Crippen LogP contribution in [0.25, 0.3) is 11.1 Å². The molecule has 1 N–H and O–H groups in total. The summed E-state index contributed by atoms with van der Waals surface area (Å²) in [5.41, 5.74) is 7.68. The number of allylic oxidation sites excluding steroid dienone is 1. The van der Waals surface area contributed by atoms with E-state index in [0.29, 0.717) is 18.5 Å². The van der Waals surface area contributed by atoms with Gasteiger partial charge in [-0.15, -0.1) is 0 Å². The van der Waals surface area contributed by atoms with Crippen LogP contribution < -0.4 is 5.32 Å². The van der Waals surface area contributed by atoms with Crippen molar-refractivity contribution in [2.24, 2.45) is 0 Å². The van der Waals surface area contributed by atoms with E-state index in [4.69, 9.17) is 12.6 Å². The second kappa shape index (κ2) is 8.13. The molecule has 1 aliphatic carbocycles. The van der Waals surface area contributed by atoms with Gasteiger partial charge in [-0.1, -0.05) is 19.1 Å². The van der Waals surface area contributed by atoms with Crippen LogP contribution in [0.15, 0.2) is 41.9 Å². The van der Waals surface area contributed by atoms with Gasteiger partial charge in [0.15, 0.2) is 31.9 Å². The largest absolute Gasteiger partial charge is 0.453 e. The van der Waals surface area contributed by atoms with Crippen LogP contribution in [0.1, 0.15) is 51.6 Å². The van der Waals surface area contributed by atoms with E-state index in [1.807, 2.05) is 24.3 Å². The van der Waals surface area contributed by atoms with Crippen LogP contribution >= 0.6 is 7.55 Å². The van der Waals surface area contributed by atoms with E-state index in [1.165, 1.54) is 0 Å². The van der Waals surface area contributed by atoms with Crippen molar-refractivity contribution in [2.75, 3.05) is 18.1 Å². The molecule has 0 aromatic heterocycles. The molecule has 4 nitrogen and oxygen atoms in total. The highest BCUT2D eigenvalue weighted by Crippen LogP contribution is 2.43. The van der Waals surface area contributed by atoms with Crippen LogP contribution in [0, 0.1) is 0 Å². The van der Waals surface area contributed by atoms with Crippen LogP contribution in [0.4, 0.5) is 5.69 Å². The minimum atomic E-state index is -0.399. The van der Waals surface area contributed by atoms with Gasteiger partial charge in [0.25, 0.3) is 5.50 Å². The Morgan fingerprint density at radius 3 is 2.84 bits per heavy atom. The Hall–Kier alpha value is -2.65. The number of fused-ring (bicyclic) bond motifs is 4. The predicted molar refractivity (Wildman–Crippen MR) is 128 cm³/mol. The van der Waals surface area contributed by atoms with Crippen molar-refractivity contribution < 1.29 is 14.3 Å². The van der Waals surface area contributed by atoms with Gasteiger partial charge in [-0.05, 0) is 60.0 Å². The van der Waals surface area contributed by atoms with Gasteiger partial charge < -0.3 is 10.1 Å². The van der Waals surface area contributed by atoms with Crippen LogP contribution in [0.2, 0.25) is 5.82 Å². The Morgan fingerprint density at radius 2 is 2.06 bits per heavy atom. The number of Topliss-reactive ketones (excluding diaryl/α,β-unsaturated/α-hetero) is 2. The minimum absolute atomic E-state index is 0.00234. The highest BCUT2D eigenvalue weighted by molar-refractivity contribution is 7.71. The zero-order valence-electron chi connectivity index (χ0n) is 17.6. The third kappa shape index (κ3) is 3.88. The number of carbonyl (C=O) groups is 2. The zero-order chi connectivity index (χ0) is 21.5. The monoisotopic (exact) mass is 428 g/mol. The molecule has 3 aliphatic rings. The summed E-state index contributed by atoms with van der Waals surface area (Å²) in [6, 6.07) is 9.93. The summed E-state index contributed by atoms with van der Waals surface area (Å²) < 4.78 is 5.86. The van der Waals surface area contributed by atoms with E-state index in [1.54, 1.807) is 0 Å². The minimum Gasteiger partial charge on any atom is -0.453 e. The molecule has 0 saturated heterocycles. The molecular weight excluding hydrogens is 404 g/mol. The van der Waals surface area contributed by atoms with E-state index < -0.39 is 5.82 Å². The fourth-order valence-electron chi connectivity index (χ4n) is 4.34. The van der Waals surface area contributed by atoms with E-state index >= 15 is 0 Å². The summed E-state index contributed by atoms with van der Waals surface area (Å²) in [4.78, 5) is 25.2. The van der Waals surface area contributed by atoms with E-state index in [2.05, 4.69) is 30.2 Å². The van der Waals surface area contributed by atoms with Crippen molar-refractivity contribution in [3.05, 3.63) is 64.2 Å². The van der Waals surface area contributed by atoms with Crippen LogP contribution in [-0.4, -0.2) is 38.0 Å². The second-order valence-corrected chi connectivity index (χ2v) is 10.4. The summed E-state index contributed by atoms with van der Waals surface area (Å²) in [5, 5.41) is 3.41. The molecule has 2 radical (unpaired) electrons. The molecule has 2 aliphatic heterocycles. The number of nitrogens with one attached hydrogen (secondary N) is 1. The Labute approximate surface area is 184 Å². The summed E-state index contributed by atoms with van der Waals surface area (Å²) >= 11 is 0. The lowest BCUT2D eigenvalue weighted by molar-refractivity contribution is 0.0878. The highest BCUT2D eigenvalue weighted by Gasteiger charge is 2.31. The van der Waals surface area contributed by atoms with Crippen molar-refractivity contribution in [3.8, 4) is 11.1 Å². The summed E-state index contributed by atoms with van der Waals surface area (Å²) in [6.45, 7) is 2.78. The third-order valence-electron chi connectivity index (χ3n) is 6.14. The van der Waals surface area contributed by atoms with Gasteiger partial charge in [-0.2, -0.15) is 0 Å². The van der Waals surface area contributed by atoms with Crippen LogP contribution in [0.3, 0.4) is 0 Å². The molecule has 0 saturated carbocycles. The Morgan fingerprint density at radius 1 is 1.23 bits per heavy atom. The first-order valence-corrected chi connectivity index (χ1v) is 12.4. The molecule has 2 atom stereocenters. The molecule has 0 fully saturated rings. The van der Waals surface area contributed by atoms with Crippen LogP contribution in [0.5, 0.6) is 0 Å². The van der Waals surface area contributed by atoms with Gasteiger partial charge in [0.2, 0.25) is 0 Å². The normalized spacial score (nSPS) is 20.0. The van der Waals surface area contributed by atoms with Crippen molar-refractivity contribution in [3.63, 3.8) is 0 Å². The van der Waals surface area contributed by atoms with E-state index in [9.17, 15) is 9.59 Å². The summed E-state index contributed by atoms with van der Waals surface area (Å²) in [7, 11) is 5.71. The maximum atomic E-state index is 12.8. The standard InChI is InChI=1S/C25H23BNO3P/c1-2-3-24(31-8-9-31)30-14-23(28)16-4-6-18-17(10-16)13-27-22-12-19-15(11-20(18)22)5-7-21(26)25(19)29/h3-4,6,8,10-12,21H,2,5,7,9,13-14H2,1H3/p+1/b24-3-. The Kier molecular flexibility index (Phi) is 5.31. The Bertz CT molecular complexity index is 1170. The molecular formula is C25H24BNO3P+. The molecule has 154 valence electrons. The van der Waals surface area contributed by atoms with Crippen molar-refractivity contribution >= 4 is 38.4 Å². The average Bonchev–Trinajstić information content (AvgIpc) is 3.63. The molecule has 0 bridgehead atoms. The number of benzene rings is 2. The maximum absolute atomic E-state index is 12.8. The number of ketones is 2. The predicted octanol–water partition coefficient (Wildman–Crippen LogP) is 5.11. The van der Waals surface area contributed by atoms with Crippen molar-refractivity contribution in [1.82, 2.24) is 0 Å². The zero-order valence-corrected chi connectivity index (χ0v) is 18.5. The van der Waals surface area contributed by atoms with Gasteiger partial charge in [-0.25, -0.2) is 0 Å². The molecule has 2 aromatic carbocycles. The van der Waals surface area contributed by atoms with Gasteiger partial charge in [0.05, 0.1) is 7.85 Å². The first-order chi connectivity index (χ1) is 15.0. The fourth-order valence-corrected chi connectivity index (χ4v) is 5.67. The van der Waals surface area contributed by atoms with Crippen molar-refractivity contribution in [2.45, 2.75) is 38.5 Å². The molecule has 2 unspecified atom stereocenters. The van der Waals surface area contributed by atoms with Gasteiger partial charge >= 0.3 is 0 Å². The van der Waals surface area contributed by atoms with Crippen molar-refractivity contribution in [1.29, 1.82) is 0 Å². The average molecular weight is 428 g/mol. The second-order valence-electron chi connectivity index (χ2n) is 8.29. The number of aryl methyl sites for hydroxylation is 1. The number of anilines is 1. The topological polar surface area (TPSA) is 55.4 Å².